The van der Waals surface area contributed by atoms with E-state index in [0.29, 0.717) is 6.42 Å². The Balaban J connectivity index is 2.20. The minimum Gasteiger partial charge on any atom is -0.480 e. The maximum atomic E-state index is 11.6. The second-order valence-corrected chi connectivity index (χ2v) is 5.30. The summed E-state index contributed by atoms with van der Waals surface area (Å²) >= 11 is 0. The molecule has 0 aromatic carbocycles. The molecule has 19 heavy (non-hydrogen) atoms. The molecule has 0 bridgehead atoms. The molecule has 1 fully saturated rings. The second kappa shape index (κ2) is 7.11. The summed E-state index contributed by atoms with van der Waals surface area (Å²) in [5.41, 5.74) is 0. The maximum Gasteiger partial charge on any atom is 0.326 e. The first-order chi connectivity index (χ1) is 8.90. The zero-order chi connectivity index (χ0) is 14.4. The molecule has 6 heteroatoms. The summed E-state index contributed by atoms with van der Waals surface area (Å²) in [5.74, 6) is -1.28. The van der Waals surface area contributed by atoms with Crippen molar-refractivity contribution in [2.75, 3.05) is 0 Å². The molecule has 108 valence electrons. The molecule has 1 saturated carbocycles. The number of hydrogen-bond donors (Lipinski definition) is 3. The van der Waals surface area contributed by atoms with Gasteiger partial charge in [-0.25, -0.2) is 4.79 Å². The molecule has 1 aliphatic carbocycles. The van der Waals surface area contributed by atoms with Gasteiger partial charge in [0.05, 0.1) is 0 Å². The fourth-order valence-electron chi connectivity index (χ4n) is 1.86. The van der Waals surface area contributed by atoms with Crippen LogP contribution in [0.5, 0.6) is 0 Å². The molecule has 1 unspecified atom stereocenters. The van der Waals surface area contributed by atoms with E-state index < -0.39 is 12.0 Å². The summed E-state index contributed by atoms with van der Waals surface area (Å²) in [4.78, 5) is 33.9. The second-order valence-electron chi connectivity index (χ2n) is 5.30. The van der Waals surface area contributed by atoms with E-state index in [4.69, 9.17) is 5.11 Å². The number of carboxylic acids is 1. The third-order valence-corrected chi connectivity index (χ3v) is 2.93. The van der Waals surface area contributed by atoms with Crippen LogP contribution in [0.25, 0.3) is 0 Å². The van der Waals surface area contributed by atoms with E-state index >= 15 is 0 Å². The molecule has 0 aromatic heterocycles. The molecule has 0 spiro atoms. The Labute approximate surface area is 112 Å². The van der Waals surface area contributed by atoms with Crippen LogP contribution in [-0.4, -0.2) is 35.0 Å². The average molecular weight is 270 g/mol. The summed E-state index contributed by atoms with van der Waals surface area (Å²) in [6, 6.07) is -0.676. The van der Waals surface area contributed by atoms with Gasteiger partial charge >= 0.3 is 5.97 Å². The van der Waals surface area contributed by atoms with Crippen LogP contribution < -0.4 is 10.6 Å². The van der Waals surface area contributed by atoms with Crippen molar-refractivity contribution in [2.24, 2.45) is 5.92 Å². The van der Waals surface area contributed by atoms with Crippen molar-refractivity contribution in [1.82, 2.24) is 10.6 Å². The third-order valence-electron chi connectivity index (χ3n) is 2.93. The molecule has 1 rings (SSSR count). The van der Waals surface area contributed by atoms with Gasteiger partial charge in [-0.2, -0.15) is 0 Å². The van der Waals surface area contributed by atoms with Crippen LogP contribution in [0.2, 0.25) is 0 Å². The molecule has 0 aliphatic heterocycles. The normalized spacial score (nSPS) is 15.9. The monoisotopic (exact) mass is 270 g/mol. The Hall–Kier alpha value is -1.59. The van der Waals surface area contributed by atoms with E-state index in [1.165, 1.54) is 0 Å². The van der Waals surface area contributed by atoms with Gasteiger partial charge in [0, 0.05) is 18.9 Å². The predicted octanol–water partition coefficient (Wildman–Crippen LogP) is 0.661. The minimum absolute atomic E-state index is 0.0747. The highest BCUT2D eigenvalue weighted by Gasteiger charge is 2.37. The molecule has 6 nitrogen and oxygen atoms in total. The first kappa shape index (κ1) is 15.5. The molecule has 0 heterocycles. The Morgan fingerprint density at radius 1 is 1.11 bits per heavy atom. The Kier molecular flexibility index (Phi) is 5.79. The lowest BCUT2D eigenvalue weighted by Crippen LogP contribution is -2.42. The third kappa shape index (κ3) is 6.22. The standard InChI is InChI=1S/C13H22N2O4/c1-8(2)14-10(16)4-3-5-11(17)15-12(13(18)19)9-6-7-9/h8-9,12H,3-7H2,1-2H3,(H,14,16)(H,15,17)(H,18,19). The van der Waals surface area contributed by atoms with Gasteiger partial charge in [-0.3, -0.25) is 9.59 Å². The zero-order valence-corrected chi connectivity index (χ0v) is 11.4. The largest absolute Gasteiger partial charge is 0.480 e. The van der Waals surface area contributed by atoms with Gasteiger partial charge in [0.15, 0.2) is 0 Å². The fourth-order valence-corrected chi connectivity index (χ4v) is 1.86. The van der Waals surface area contributed by atoms with Gasteiger partial charge in [-0.05, 0) is 39.0 Å². The quantitative estimate of drug-likeness (QED) is 0.604. The van der Waals surface area contributed by atoms with E-state index in [1.54, 1.807) is 0 Å². The summed E-state index contributed by atoms with van der Waals surface area (Å²) < 4.78 is 0. The number of carboxylic acid groups (broad SMARTS) is 1. The van der Waals surface area contributed by atoms with Crippen molar-refractivity contribution in [1.29, 1.82) is 0 Å². The van der Waals surface area contributed by atoms with Crippen LogP contribution >= 0.6 is 0 Å². The van der Waals surface area contributed by atoms with Crippen LogP contribution in [0.15, 0.2) is 0 Å². The number of carbonyl (C=O) groups is 3. The number of amides is 2. The van der Waals surface area contributed by atoms with E-state index in [2.05, 4.69) is 10.6 Å². The van der Waals surface area contributed by atoms with E-state index in [9.17, 15) is 14.4 Å². The molecule has 1 aliphatic rings. The van der Waals surface area contributed by atoms with Gasteiger partial charge < -0.3 is 15.7 Å². The summed E-state index contributed by atoms with van der Waals surface area (Å²) in [6.45, 7) is 3.75. The van der Waals surface area contributed by atoms with E-state index in [0.717, 1.165) is 12.8 Å². The lowest BCUT2D eigenvalue weighted by molar-refractivity contribution is -0.142. The van der Waals surface area contributed by atoms with Gasteiger partial charge in [0.2, 0.25) is 11.8 Å². The maximum absolute atomic E-state index is 11.6. The van der Waals surface area contributed by atoms with Crippen molar-refractivity contribution in [3.63, 3.8) is 0 Å². The average Bonchev–Trinajstić information content (AvgIpc) is 3.08. The highest BCUT2D eigenvalue weighted by Crippen LogP contribution is 2.32. The lowest BCUT2D eigenvalue weighted by atomic mass is 10.1. The van der Waals surface area contributed by atoms with Gasteiger partial charge in [-0.1, -0.05) is 0 Å². The Morgan fingerprint density at radius 2 is 1.63 bits per heavy atom. The molecule has 1 atom stereocenters. The molecular weight excluding hydrogens is 248 g/mol. The molecule has 0 saturated heterocycles. The lowest BCUT2D eigenvalue weighted by Gasteiger charge is -2.13. The van der Waals surface area contributed by atoms with Crippen molar-refractivity contribution in [2.45, 2.75) is 58.0 Å². The highest BCUT2D eigenvalue weighted by atomic mass is 16.4. The van der Waals surface area contributed by atoms with Crippen LogP contribution in [0.1, 0.15) is 46.0 Å². The minimum atomic E-state index is -0.978. The molecule has 0 radical (unpaired) electrons. The highest BCUT2D eigenvalue weighted by molar-refractivity contribution is 5.84. The zero-order valence-electron chi connectivity index (χ0n) is 11.4. The van der Waals surface area contributed by atoms with Gasteiger partial charge in [0.25, 0.3) is 0 Å². The van der Waals surface area contributed by atoms with Gasteiger partial charge in [-0.15, -0.1) is 0 Å². The first-order valence-corrected chi connectivity index (χ1v) is 6.71. The number of aliphatic carboxylic acids is 1. The first-order valence-electron chi connectivity index (χ1n) is 6.71. The SMILES string of the molecule is CC(C)NC(=O)CCCC(=O)NC(C(=O)O)C1CC1. The number of nitrogens with one attached hydrogen (secondary N) is 2. The topological polar surface area (TPSA) is 95.5 Å². The Morgan fingerprint density at radius 3 is 2.05 bits per heavy atom. The fraction of sp³-hybridized carbons (Fsp3) is 0.769. The summed E-state index contributed by atoms with van der Waals surface area (Å²) in [6.07, 6.45) is 2.61. The van der Waals surface area contributed by atoms with Crippen molar-refractivity contribution in [3.8, 4) is 0 Å². The summed E-state index contributed by atoms with van der Waals surface area (Å²) in [5, 5.41) is 14.2. The number of rotatable bonds is 8. The van der Waals surface area contributed by atoms with Crippen molar-refractivity contribution < 1.29 is 19.5 Å². The number of carbonyl (C=O) groups excluding carboxylic acids is 2. The molecule has 2 amide bonds. The van der Waals surface area contributed by atoms with Crippen molar-refractivity contribution >= 4 is 17.8 Å². The number of hydrogen-bond acceptors (Lipinski definition) is 3. The molecular formula is C13H22N2O4. The molecule has 3 N–H and O–H groups in total. The van der Waals surface area contributed by atoms with Crippen LogP contribution in [0.3, 0.4) is 0 Å². The summed E-state index contributed by atoms with van der Waals surface area (Å²) in [7, 11) is 0. The van der Waals surface area contributed by atoms with E-state index in [-0.39, 0.29) is 36.6 Å². The Bertz CT molecular complexity index is 351. The predicted molar refractivity (Wildman–Crippen MR) is 69.4 cm³/mol. The van der Waals surface area contributed by atoms with Gasteiger partial charge in [0.1, 0.15) is 6.04 Å². The van der Waals surface area contributed by atoms with Crippen LogP contribution in [-0.2, 0) is 14.4 Å². The van der Waals surface area contributed by atoms with Crippen LogP contribution in [0, 0.1) is 5.92 Å². The smallest absolute Gasteiger partial charge is 0.326 e. The van der Waals surface area contributed by atoms with Crippen molar-refractivity contribution in [3.05, 3.63) is 0 Å². The molecule has 0 aromatic rings. The van der Waals surface area contributed by atoms with Crippen LogP contribution in [0.4, 0.5) is 0 Å². The van der Waals surface area contributed by atoms with E-state index in [1.807, 2.05) is 13.8 Å².